The number of carbonyl (C=O) groups excluding carboxylic acids is 2. The number of benzene rings is 1. The SMILES string of the molecule is CCc1ccc(C(=O)NNC(=O)c2sc(-c3ccc(C)o3)nc2C)cc1. The minimum absolute atomic E-state index is 0.370. The molecule has 0 fully saturated rings. The molecule has 134 valence electrons. The second-order valence-corrected chi connectivity index (χ2v) is 6.80. The normalized spacial score (nSPS) is 10.6. The molecule has 7 heteroatoms. The maximum Gasteiger partial charge on any atom is 0.281 e. The van der Waals surface area contributed by atoms with Gasteiger partial charge in [-0.1, -0.05) is 19.1 Å². The number of amides is 2. The van der Waals surface area contributed by atoms with Crippen molar-refractivity contribution in [3.05, 3.63) is 63.9 Å². The Hall–Kier alpha value is -2.93. The standard InChI is InChI=1S/C19H19N3O3S/c1-4-13-6-8-14(9-7-13)17(23)21-22-18(24)16-12(3)20-19(26-16)15-10-5-11(2)25-15/h5-10H,4H2,1-3H3,(H,21,23)(H,22,24). The summed E-state index contributed by atoms with van der Waals surface area (Å²) in [4.78, 5) is 29.3. The number of thiazole rings is 1. The van der Waals surface area contributed by atoms with E-state index in [1.807, 2.05) is 38.1 Å². The van der Waals surface area contributed by atoms with E-state index in [9.17, 15) is 9.59 Å². The Bertz CT molecular complexity index is 941. The molecular formula is C19H19N3O3S. The Morgan fingerprint density at radius 2 is 1.73 bits per heavy atom. The van der Waals surface area contributed by atoms with Crippen LogP contribution in [0.4, 0.5) is 0 Å². The van der Waals surface area contributed by atoms with Gasteiger partial charge in [0.05, 0.1) is 5.69 Å². The molecule has 2 N–H and O–H groups in total. The summed E-state index contributed by atoms with van der Waals surface area (Å²) >= 11 is 1.22. The number of hydrogen-bond donors (Lipinski definition) is 2. The van der Waals surface area contributed by atoms with E-state index in [0.717, 1.165) is 17.7 Å². The molecule has 0 radical (unpaired) electrons. The fraction of sp³-hybridized carbons (Fsp3) is 0.211. The van der Waals surface area contributed by atoms with Crippen LogP contribution in [-0.4, -0.2) is 16.8 Å². The highest BCUT2D eigenvalue weighted by Crippen LogP contribution is 2.29. The molecule has 0 saturated carbocycles. The van der Waals surface area contributed by atoms with Crippen LogP contribution < -0.4 is 10.9 Å². The summed E-state index contributed by atoms with van der Waals surface area (Å²) in [6.45, 7) is 5.64. The van der Waals surface area contributed by atoms with Crippen molar-refractivity contribution < 1.29 is 14.0 Å². The van der Waals surface area contributed by atoms with Gasteiger partial charge >= 0.3 is 0 Å². The molecule has 3 rings (SSSR count). The zero-order valence-electron chi connectivity index (χ0n) is 14.8. The van der Waals surface area contributed by atoms with E-state index in [1.54, 1.807) is 19.1 Å². The molecule has 0 aliphatic carbocycles. The molecule has 0 atom stereocenters. The molecule has 2 heterocycles. The van der Waals surface area contributed by atoms with Gasteiger partial charge in [-0.3, -0.25) is 20.4 Å². The first-order chi connectivity index (χ1) is 12.5. The molecule has 26 heavy (non-hydrogen) atoms. The summed E-state index contributed by atoms with van der Waals surface area (Å²) in [6.07, 6.45) is 0.904. The summed E-state index contributed by atoms with van der Waals surface area (Å²) in [6, 6.07) is 10.9. The lowest BCUT2D eigenvalue weighted by Crippen LogP contribution is -2.41. The minimum atomic E-state index is -0.409. The van der Waals surface area contributed by atoms with E-state index in [2.05, 4.69) is 15.8 Å². The first-order valence-electron chi connectivity index (χ1n) is 8.21. The number of nitrogens with one attached hydrogen (secondary N) is 2. The Morgan fingerprint density at radius 3 is 2.35 bits per heavy atom. The minimum Gasteiger partial charge on any atom is -0.459 e. The maximum absolute atomic E-state index is 12.4. The van der Waals surface area contributed by atoms with E-state index >= 15 is 0 Å². The highest BCUT2D eigenvalue weighted by molar-refractivity contribution is 7.17. The number of aromatic nitrogens is 1. The Kier molecular flexibility index (Phi) is 5.18. The van der Waals surface area contributed by atoms with Crippen LogP contribution in [0, 0.1) is 13.8 Å². The zero-order chi connectivity index (χ0) is 18.7. The summed E-state index contributed by atoms with van der Waals surface area (Å²) in [7, 11) is 0. The van der Waals surface area contributed by atoms with Crippen LogP contribution in [0.15, 0.2) is 40.8 Å². The molecule has 0 unspecified atom stereocenters. The lowest BCUT2D eigenvalue weighted by molar-refractivity contribution is 0.0848. The fourth-order valence-electron chi connectivity index (χ4n) is 2.40. The third kappa shape index (κ3) is 3.83. The van der Waals surface area contributed by atoms with Crippen molar-refractivity contribution in [2.45, 2.75) is 27.2 Å². The smallest absolute Gasteiger partial charge is 0.281 e. The van der Waals surface area contributed by atoms with Crippen LogP contribution in [0.25, 0.3) is 10.8 Å². The molecule has 0 aliphatic heterocycles. The summed E-state index contributed by atoms with van der Waals surface area (Å²) in [5.74, 6) is 0.619. The molecule has 6 nitrogen and oxygen atoms in total. The average molecular weight is 369 g/mol. The quantitative estimate of drug-likeness (QED) is 0.688. The Morgan fingerprint density at radius 1 is 1.04 bits per heavy atom. The molecular weight excluding hydrogens is 350 g/mol. The van der Waals surface area contributed by atoms with E-state index in [4.69, 9.17) is 4.42 Å². The van der Waals surface area contributed by atoms with Crippen LogP contribution in [0.5, 0.6) is 0 Å². The molecule has 2 amide bonds. The number of aryl methyl sites for hydroxylation is 3. The predicted molar refractivity (Wildman–Crippen MR) is 100 cm³/mol. The van der Waals surface area contributed by atoms with Gasteiger partial charge in [0.1, 0.15) is 10.6 Å². The number of hydrazine groups is 1. The van der Waals surface area contributed by atoms with E-state index in [1.165, 1.54) is 11.3 Å². The van der Waals surface area contributed by atoms with Crippen molar-refractivity contribution in [3.8, 4) is 10.8 Å². The molecule has 1 aromatic carbocycles. The van der Waals surface area contributed by atoms with Crippen molar-refractivity contribution in [3.63, 3.8) is 0 Å². The zero-order valence-corrected chi connectivity index (χ0v) is 15.6. The summed E-state index contributed by atoms with van der Waals surface area (Å²) in [5.41, 5.74) is 7.08. The largest absolute Gasteiger partial charge is 0.459 e. The molecule has 0 spiro atoms. The number of furan rings is 1. The molecule has 0 aliphatic rings. The van der Waals surface area contributed by atoms with Gasteiger partial charge in [-0.2, -0.15) is 0 Å². The second kappa shape index (κ2) is 7.53. The lowest BCUT2D eigenvalue weighted by atomic mass is 10.1. The lowest BCUT2D eigenvalue weighted by Gasteiger charge is -2.07. The molecule has 0 saturated heterocycles. The fourth-order valence-corrected chi connectivity index (χ4v) is 3.32. The monoisotopic (exact) mass is 369 g/mol. The van der Waals surface area contributed by atoms with Crippen LogP contribution in [0.3, 0.4) is 0 Å². The van der Waals surface area contributed by atoms with Crippen molar-refractivity contribution in [2.24, 2.45) is 0 Å². The number of carbonyl (C=O) groups is 2. The second-order valence-electron chi connectivity index (χ2n) is 5.80. The molecule has 2 aromatic heterocycles. The van der Waals surface area contributed by atoms with Gasteiger partial charge in [0.2, 0.25) is 0 Å². The first-order valence-corrected chi connectivity index (χ1v) is 9.03. The van der Waals surface area contributed by atoms with Crippen molar-refractivity contribution in [1.82, 2.24) is 15.8 Å². The summed E-state index contributed by atoms with van der Waals surface area (Å²) < 4.78 is 5.54. The van der Waals surface area contributed by atoms with Crippen LogP contribution in [0.2, 0.25) is 0 Å². The van der Waals surface area contributed by atoms with E-state index in [0.29, 0.717) is 26.9 Å². The van der Waals surface area contributed by atoms with Gasteiger partial charge in [0, 0.05) is 5.56 Å². The average Bonchev–Trinajstić information content (AvgIpc) is 3.25. The van der Waals surface area contributed by atoms with Crippen molar-refractivity contribution >= 4 is 23.2 Å². The van der Waals surface area contributed by atoms with Crippen LogP contribution in [-0.2, 0) is 6.42 Å². The number of nitrogens with zero attached hydrogens (tertiary/aromatic N) is 1. The first kappa shape index (κ1) is 17.9. The Labute approximate surface area is 155 Å². The number of hydrogen-bond acceptors (Lipinski definition) is 5. The third-order valence-electron chi connectivity index (χ3n) is 3.87. The van der Waals surface area contributed by atoms with Crippen LogP contribution in [0.1, 0.15) is 44.0 Å². The summed E-state index contributed by atoms with van der Waals surface area (Å²) in [5, 5.41) is 0.627. The van der Waals surface area contributed by atoms with Crippen molar-refractivity contribution in [2.75, 3.05) is 0 Å². The molecule has 3 aromatic rings. The van der Waals surface area contributed by atoms with Gasteiger partial charge in [-0.05, 0) is 50.1 Å². The van der Waals surface area contributed by atoms with Crippen molar-refractivity contribution in [1.29, 1.82) is 0 Å². The van der Waals surface area contributed by atoms with Gasteiger partial charge in [-0.15, -0.1) is 11.3 Å². The van der Waals surface area contributed by atoms with Gasteiger partial charge in [0.25, 0.3) is 11.8 Å². The van der Waals surface area contributed by atoms with Gasteiger partial charge < -0.3 is 4.42 Å². The highest BCUT2D eigenvalue weighted by Gasteiger charge is 2.18. The Balaban J connectivity index is 1.66. The van der Waals surface area contributed by atoms with Gasteiger partial charge in [0.15, 0.2) is 10.8 Å². The van der Waals surface area contributed by atoms with Gasteiger partial charge in [-0.25, -0.2) is 4.98 Å². The third-order valence-corrected chi connectivity index (χ3v) is 5.04. The predicted octanol–water partition coefficient (Wildman–Crippen LogP) is 3.66. The topological polar surface area (TPSA) is 84.2 Å². The highest BCUT2D eigenvalue weighted by atomic mass is 32.1. The van der Waals surface area contributed by atoms with Crippen LogP contribution >= 0.6 is 11.3 Å². The van der Waals surface area contributed by atoms with E-state index in [-0.39, 0.29) is 5.91 Å². The van der Waals surface area contributed by atoms with E-state index < -0.39 is 5.91 Å². The maximum atomic E-state index is 12.4. The molecule has 0 bridgehead atoms. The number of rotatable bonds is 4.